The number of hydrogen-bond acceptors (Lipinski definition) is 2. The quantitative estimate of drug-likeness (QED) is 0.716. The average molecular weight is 251 g/mol. The lowest BCUT2D eigenvalue weighted by molar-refractivity contribution is -0.114. The van der Waals surface area contributed by atoms with Gasteiger partial charge in [0, 0.05) is 5.57 Å². The summed E-state index contributed by atoms with van der Waals surface area (Å²) >= 11 is 0. The van der Waals surface area contributed by atoms with E-state index in [9.17, 15) is 4.79 Å². The van der Waals surface area contributed by atoms with Gasteiger partial charge in [-0.2, -0.15) is 0 Å². The third-order valence-corrected chi connectivity index (χ3v) is 3.00. The normalized spacial score (nSPS) is 12.2. The molecule has 0 aromatic heterocycles. The van der Waals surface area contributed by atoms with Crippen molar-refractivity contribution in [3.63, 3.8) is 0 Å². The lowest BCUT2D eigenvalue weighted by Crippen LogP contribution is -2.28. The van der Waals surface area contributed by atoms with Crippen molar-refractivity contribution in [2.75, 3.05) is 4.90 Å². The molecule has 1 aliphatic rings. The monoisotopic (exact) mass is 251 g/mol. The molecule has 2 aromatic rings. The molecule has 94 valence electrons. The molecule has 0 unspecified atom stereocenters. The Labute approximate surface area is 111 Å². The standard InChI is InChI=1S/C16H13NO2/c1-11(2)16(18)17-12-7-3-5-9-14(12)19-15-10-6-4-8-13(15)17/h3-10H,1H2,2H3. The molecule has 0 radical (unpaired) electrons. The number of carbonyl (C=O) groups is 1. The zero-order chi connectivity index (χ0) is 13.4. The number of anilines is 2. The van der Waals surface area contributed by atoms with Gasteiger partial charge in [0.25, 0.3) is 5.91 Å². The molecule has 0 aliphatic carbocycles. The Hall–Kier alpha value is -2.55. The summed E-state index contributed by atoms with van der Waals surface area (Å²) in [6, 6.07) is 15.0. The molecular formula is C16H13NO2. The maximum atomic E-state index is 12.4. The molecule has 0 saturated carbocycles. The minimum Gasteiger partial charge on any atom is -0.453 e. The van der Waals surface area contributed by atoms with E-state index in [4.69, 9.17) is 4.74 Å². The molecule has 0 saturated heterocycles. The summed E-state index contributed by atoms with van der Waals surface area (Å²) in [7, 11) is 0. The Balaban J connectivity index is 2.22. The number of carbonyl (C=O) groups excluding carboxylic acids is 1. The molecule has 1 aliphatic heterocycles. The molecule has 19 heavy (non-hydrogen) atoms. The SMILES string of the molecule is C=C(C)C(=O)N1c2ccccc2Oc2ccccc21. The van der Waals surface area contributed by atoms with Crippen LogP contribution in [0, 0.1) is 0 Å². The van der Waals surface area contributed by atoms with Crippen LogP contribution in [0.3, 0.4) is 0 Å². The Bertz CT molecular complexity index is 630. The van der Waals surface area contributed by atoms with Crippen LogP contribution in [0.1, 0.15) is 6.92 Å². The van der Waals surface area contributed by atoms with Gasteiger partial charge in [0.15, 0.2) is 11.5 Å². The van der Waals surface area contributed by atoms with E-state index in [-0.39, 0.29) is 5.91 Å². The van der Waals surface area contributed by atoms with Crippen molar-refractivity contribution < 1.29 is 9.53 Å². The molecule has 0 N–H and O–H groups in total. The third-order valence-electron chi connectivity index (χ3n) is 3.00. The molecular weight excluding hydrogens is 238 g/mol. The smallest absolute Gasteiger partial charge is 0.258 e. The van der Waals surface area contributed by atoms with Crippen LogP contribution in [0.15, 0.2) is 60.7 Å². The van der Waals surface area contributed by atoms with Crippen molar-refractivity contribution in [1.82, 2.24) is 0 Å². The zero-order valence-corrected chi connectivity index (χ0v) is 10.6. The number of fused-ring (bicyclic) bond motifs is 2. The third kappa shape index (κ3) is 1.80. The number of ether oxygens (including phenoxy) is 1. The lowest BCUT2D eigenvalue weighted by Gasteiger charge is -2.31. The van der Waals surface area contributed by atoms with E-state index < -0.39 is 0 Å². The van der Waals surface area contributed by atoms with Crippen LogP contribution in [-0.4, -0.2) is 5.91 Å². The number of para-hydroxylation sites is 4. The highest BCUT2D eigenvalue weighted by Gasteiger charge is 2.28. The van der Waals surface area contributed by atoms with Gasteiger partial charge in [0.05, 0.1) is 11.4 Å². The predicted molar refractivity (Wildman–Crippen MR) is 74.9 cm³/mol. The van der Waals surface area contributed by atoms with Gasteiger partial charge in [-0.1, -0.05) is 30.8 Å². The summed E-state index contributed by atoms with van der Waals surface area (Å²) < 4.78 is 5.81. The Morgan fingerprint density at radius 2 is 1.47 bits per heavy atom. The second-order valence-electron chi connectivity index (χ2n) is 4.46. The van der Waals surface area contributed by atoms with Crippen molar-refractivity contribution in [1.29, 1.82) is 0 Å². The first-order chi connectivity index (χ1) is 9.18. The molecule has 0 spiro atoms. The second-order valence-corrected chi connectivity index (χ2v) is 4.46. The molecule has 3 nitrogen and oxygen atoms in total. The van der Waals surface area contributed by atoms with Gasteiger partial charge in [0.1, 0.15) is 0 Å². The molecule has 2 aromatic carbocycles. The van der Waals surface area contributed by atoms with Gasteiger partial charge in [-0.25, -0.2) is 0 Å². The Kier molecular flexibility index (Phi) is 2.60. The molecule has 0 fully saturated rings. The topological polar surface area (TPSA) is 29.5 Å². The minimum absolute atomic E-state index is 0.122. The summed E-state index contributed by atoms with van der Waals surface area (Å²) in [5.41, 5.74) is 1.98. The highest BCUT2D eigenvalue weighted by atomic mass is 16.5. The van der Waals surface area contributed by atoms with Gasteiger partial charge in [0.2, 0.25) is 0 Å². The predicted octanol–water partition coefficient (Wildman–Crippen LogP) is 4.03. The first-order valence-corrected chi connectivity index (χ1v) is 6.04. The van der Waals surface area contributed by atoms with E-state index in [1.54, 1.807) is 11.8 Å². The average Bonchev–Trinajstić information content (AvgIpc) is 2.43. The summed E-state index contributed by atoms with van der Waals surface area (Å²) in [6.45, 7) is 5.46. The van der Waals surface area contributed by atoms with E-state index in [2.05, 4.69) is 6.58 Å². The van der Waals surface area contributed by atoms with Gasteiger partial charge in [-0.05, 0) is 31.2 Å². The fraction of sp³-hybridized carbons (Fsp3) is 0.0625. The highest BCUT2D eigenvalue weighted by Crippen LogP contribution is 2.46. The maximum absolute atomic E-state index is 12.4. The number of benzene rings is 2. The van der Waals surface area contributed by atoms with Crippen LogP contribution in [0.4, 0.5) is 11.4 Å². The highest BCUT2D eigenvalue weighted by molar-refractivity contribution is 6.12. The van der Waals surface area contributed by atoms with E-state index in [1.165, 1.54) is 0 Å². The van der Waals surface area contributed by atoms with Crippen molar-refractivity contribution in [3.8, 4) is 11.5 Å². The summed E-state index contributed by atoms with van der Waals surface area (Å²) in [6.07, 6.45) is 0. The summed E-state index contributed by atoms with van der Waals surface area (Å²) in [4.78, 5) is 14.0. The van der Waals surface area contributed by atoms with Crippen molar-refractivity contribution in [2.45, 2.75) is 6.92 Å². The van der Waals surface area contributed by atoms with Gasteiger partial charge >= 0.3 is 0 Å². The van der Waals surface area contributed by atoms with Gasteiger partial charge in [-0.3, -0.25) is 9.69 Å². The van der Waals surface area contributed by atoms with E-state index >= 15 is 0 Å². The molecule has 1 amide bonds. The van der Waals surface area contributed by atoms with Crippen LogP contribution < -0.4 is 9.64 Å². The number of hydrogen-bond donors (Lipinski definition) is 0. The fourth-order valence-electron chi connectivity index (χ4n) is 2.11. The van der Waals surface area contributed by atoms with Crippen LogP contribution >= 0.6 is 0 Å². The molecule has 0 atom stereocenters. The van der Waals surface area contributed by atoms with E-state index in [0.717, 1.165) is 11.4 Å². The van der Waals surface area contributed by atoms with Gasteiger partial charge in [-0.15, -0.1) is 0 Å². The zero-order valence-electron chi connectivity index (χ0n) is 10.6. The Morgan fingerprint density at radius 3 is 1.95 bits per heavy atom. The number of nitrogens with zero attached hydrogens (tertiary/aromatic N) is 1. The first kappa shape index (κ1) is 11.5. The second kappa shape index (κ2) is 4.28. The fourth-order valence-corrected chi connectivity index (χ4v) is 2.11. The van der Waals surface area contributed by atoms with E-state index in [0.29, 0.717) is 17.1 Å². The van der Waals surface area contributed by atoms with Gasteiger partial charge < -0.3 is 4.74 Å². The molecule has 3 heteroatoms. The first-order valence-electron chi connectivity index (χ1n) is 6.04. The van der Waals surface area contributed by atoms with Crippen molar-refractivity contribution >= 4 is 17.3 Å². The molecule has 1 heterocycles. The van der Waals surface area contributed by atoms with Crippen molar-refractivity contribution in [2.24, 2.45) is 0 Å². The van der Waals surface area contributed by atoms with Crippen LogP contribution in [-0.2, 0) is 4.79 Å². The summed E-state index contributed by atoms with van der Waals surface area (Å²) in [5.74, 6) is 1.23. The number of amides is 1. The number of rotatable bonds is 1. The molecule has 0 bridgehead atoms. The van der Waals surface area contributed by atoms with E-state index in [1.807, 2.05) is 48.5 Å². The van der Waals surface area contributed by atoms with Crippen LogP contribution in [0.5, 0.6) is 11.5 Å². The minimum atomic E-state index is -0.122. The van der Waals surface area contributed by atoms with Crippen LogP contribution in [0.25, 0.3) is 0 Å². The molecule has 3 rings (SSSR count). The lowest BCUT2D eigenvalue weighted by atomic mass is 10.1. The maximum Gasteiger partial charge on any atom is 0.258 e. The largest absolute Gasteiger partial charge is 0.453 e. The Morgan fingerprint density at radius 1 is 1.00 bits per heavy atom. The van der Waals surface area contributed by atoms with Crippen LogP contribution in [0.2, 0.25) is 0 Å². The summed E-state index contributed by atoms with van der Waals surface area (Å²) in [5, 5.41) is 0. The van der Waals surface area contributed by atoms with Crippen molar-refractivity contribution in [3.05, 3.63) is 60.7 Å².